The third kappa shape index (κ3) is 2.92. The Morgan fingerprint density at radius 1 is 1.41 bits per heavy atom. The number of ether oxygens (including phenoxy) is 1. The summed E-state index contributed by atoms with van der Waals surface area (Å²) in [4.78, 5) is 4.21. The van der Waals surface area contributed by atoms with Crippen molar-refractivity contribution < 1.29 is 13.7 Å². The predicted octanol–water partition coefficient (Wildman–Crippen LogP) is 1.37. The van der Waals surface area contributed by atoms with Crippen LogP contribution >= 0.6 is 0 Å². The maximum Gasteiger partial charge on any atom is 0.293 e. The van der Waals surface area contributed by atoms with E-state index in [0.29, 0.717) is 49.4 Å². The van der Waals surface area contributed by atoms with Crippen molar-refractivity contribution in [2.45, 2.75) is 19.9 Å². The van der Waals surface area contributed by atoms with Gasteiger partial charge in [0.15, 0.2) is 11.6 Å². The van der Waals surface area contributed by atoms with Crippen molar-refractivity contribution >= 4 is 0 Å². The lowest BCUT2D eigenvalue weighted by Crippen LogP contribution is -1.99. The molecular formula is C11H15N3O3. The van der Waals surface area contributed by atoms with E-state index in [4.69, 9.17) is 19.4 Å². The molecule has 92 valence electrons. The molecule has 2 heterocycles. The smallest absolute Gasteiger partial charge is 0.293 e. The standard InChI is InChI=1S/C11H15N3O3/c1-2-15-6-5-10-13-11(17-14-10)9-4-3-8(7-12)16-9/h3-4H,2,5-7,12H2,1H3. The highest BCUT2D eigenvalue weighted by molar-refractivity contribution is 5.44. The minimum Gasteiger partial charge on any atom is -0.455 e. The number of hydrogen-bond donors (Lipinski definition) is 1. The summed E-state index contributed by atoms with van der Waals surface area (Å²) in [6.45, 7) is 3.56. The molecule has 2 aromatic rings. The first-order valence-electron chi connectivity index (χ1n) is 5.53. The third-order valence-electron chi connectivity index (χ3n) is 2.22. The predicted molar refractivity (Wildman–Crippen MR) is 60.1 cm³/mol. The molecule has 6 nitrogen and oxygen atoms in total. The fourth-order valence-electron chi connectivity index (χ4n) is 1.37. The summed E-state index contributed by atoms with van der Waals surface area (Å²) < 4.78 is 15.7. The van der Waals surface area contributed by atoms with E-state index in [2.05, 4.69) is 10.1 Å². The Morgan fingerprint density at radius 3 is 3.00 bits per heavy atom. The average Bonchev–Trinajstić information content (AvgIpc) is 2.97. The molecule has 6 heteroatoms. The van der Waals surface area contributed by atoms with Gasteiger partial charge in [0.25, 0.3) is 5.89 Å². The lowest BCUT2D eigenvalue weighted by Gasteiger charge is -1.94. The van der Waals surface area contributed by atoms with Crippen molar-refractivity contribution in [2.24, 2.45) is 5.73 Å². The molecule has 0 aliphatic rings. The van der Waals surface area contributed by atoms with Gasteiger partial charge in [0.2, 0.25) is 0 Å². The maximum atomic E-state index is 5.45. The Balaban J connectivity index is 2.02. The topological polar surface area (TPSA) is 87.3 Å². The summed E-state index contributed by atoms with van der Waals surface area (Å²) in [5.41, 5.74) is 5.45. The van der Waals surface area contributed by atoms with Gasteiger partial charge in [-0.1, -0.05) is 5.16 Å². The molecule has 0 amide bonds. The number of aromatic nitrogens is 2. The van der Waals surface area contributed by atoms with Gasteiger partial charge in [-0.15, -0.1) is 0 Å². The molecule has 0 unspecified atom stereocenters. The lowest BCUT2D eigenvalue weighted by atomic mass is 10.4. The lowest BCUT2D eigenvalue weighted by molar-refractivity contribution is 0.149. The zero-order valence-electron chi connectivity index (χ0n) is 9.68. The number of furan rings is 1. The van der Waals surface area contributed by atoms with Crippen LogP contribution in [0.25, 0.3) is 11.7 Å². The van der Waals surface area contributed by atoms with E-state index >= 15 is 0 Å². The van der Waals surface area contributed by atoms with Crippen LogP contribution in [-0.2, 0) is 17.7 Å². The van der Waals surface area contributed by atoms with Gasteiger partial charge in [0.1, 0.15) is 5.76 Å². The van der Waals surface area contributed by atoms with Gasteiger partial charge in [0, 0.05) is 13.0 Å². The van der Waals surface area contributed by atoms with Crippen LogP contribution in [-0.4, -0.2) is 23.4 Å². The monoisotopic (exact) mass is 237 g/mol. The molecule has 0 aliphatic carbocycles. The first kappa shape index (κ1) is 11.8. The number of nitrogens with zero attached hydrogens (tertiary/aromatic N) is 2. The highest BCUT2D eigenvalue weighted by Crippen LogP contribution is 2.20. The van der Waals surface area contributed by atoms with E-state index in [1.54, 1.807) is 12.1 Å². The quantitative estimate of drug-likeness (QED) is 0.763. The normalized spacial score (nSPS) is 10.9. The van der Waals surface area contributed by atoms with Crippen molar-refractivity contribution in [2.75, 3.05) is 13.2 Å². The summed E-state index contributed by atoms with van der Waals surface area (Å²) in [6.07, 6.45) is 0.627. The highest BCUT2D eigenvalue weighted by Gasteiger charge is 2.12. The third-order valence-corrected chi connectivity index (χ3v) is 2.22. The summed E-state index contributed by atoms with van der Waals surface area (Å²) in [6, 6.07) is 3.56. The second-order valence-electron chi connectivity index (χ2n) is 3.43. The second-order valence-corrected chi connectivity index (χ2v) is 3.43. The fourth-order valence-corrected chi connectivity index (χ4v) is 1.37. The van der Waals surface area contributed by atoms with Crippen molar-refractivity contribution in [1.29, 1.82) is 0 Å². The van der Waals surface area contributed by atoms with E-state index in [-0.39, 0.29) is 0 Å². The van der Waals surface area contributed by atoms with Gasteiger partial charge in [-0.05, 0) is 19.1 Å². The van der Waals surface area contributed by atoms with Crippen molar-refractivity contribution in [3.8, 4) is 11.7 Å². The second kappa shape index (κ2) is 5.60. The number of rotatable bonds is 6. The molecule has 0 saturated heterocycles. The maximum absolute atomic E-state index is 5.45. The van der Waals surface area contributed by atoms with Gasteiger partial charge in [-0.3, -0.25) is 0 Å². The minimum atomic E-state index is 0.353. The zero-order valence-corrected chi connectivity index (χ0v) is 9.68. The first-order chi connectivity index (χ1) is 8.33. The molecule has 2 N–H and O–H groups in total. The van der Waals surface area contributed by atoms with Crippen LogP contribution in [0, 0.1) is 0 Å². The van der Waals surface area contributed by atoms with E-state index < -0.39 is 0 Å². The van der Waals surface area contributed by atoms with Crippen molar-refractivity contribution in [3.63, 3.8) is 0 Å². The zero-order chi connectivity index (χ0) is 12.1. The number of nitrogens with two attached hydrogens (primary N) is 1. The Morgan fingerprint density at radius 2 is 2.29 bits per heavy atom. The summed E-state index contributed by atoms with van der Waals surface area (Å²) in [5, 5.41) is 3.84. The average molecular weight is 237 g/mol. The molecule has 0 fully saturated rings. The summed E-state index contributed by atoms with van der Waals surface area (Å²) >= 11 is 0. The molecular weight excluding hydrogens is 222 g/mol. The van der Waals surface area contributed by atoms with Crippen LogP contribution < -0.4 is 5.73 Å². The molecule has 2 aromatic heterocycles. The van der Waals surface area contributed by atoms with Gasteiger partial charge in [-0.2, -0.15) is 4.98 Å². The summed E-state index contributed by atoms with van der Waals surface area (Å²) in [7, 11) is 0. The molecule has 2 rings (SSSR count). The Hall–Kier alpha value is -1.66. The van der Waals surface area contributed by atoms with Crippen LogP contribution in [0.1, 0.15) is 18.5 Å². The van der Waals surface area contributed by atoms with Gasteiger partial charge in [0.05, 0.1) is 13.2 Å². The van der Waals surface area contributed by atoms with E-state index in [1.165, 1.54) is 0 Å². The molecule has 0 atom stereocenters. The molecule has 0 aliphatic heterocycles. The summed E-state index contributed by atoms with van der Waals surface area (Å²) in [5.74, 6) is 2.21. The largest absolute Gasteiger partial charge is 0.455 e. The van der Waals surface area contributed by atoms with Gasteiger partial charge in [-0.25, -0.2) is 0 Å². The molecule has 17 heavy (non-hydrogen) atoms. The SMILES string of the molecule is CCOCCc1noc(-c2ccc(CN)o2)n1. The molecule has 0 bridgehead atoms. The molecule has 0 spiro atoms. The van der Waals surface area contributed by atoms with E-state index in [0.717, 1.165) is 0 Å². The minimum absolute atomic E-state index is 0.353. The Kier molecular flexibility index (Phi) is 3.89. The van der Waals surface area contributed by atoms with E-state index in [1.807, 2.05) is 6.92 Å². The molecule has 0 radical (unpaired) electrons. The number of hydrogen-bond acceptors (Lipinski definition) is 6. The highest BCUT2D eigenvalue weighted by atomic mass is 16.5. The van der Waals surface area contributed by atoms with Crippen LogP contribution in [0.5, 0.6) is 0 Å². The van der Waals surface area contributed by atoms with E-state index in [9.17, 15) is 0 Å². The van der Waals surface area contributed by atoms with Crippen molar-refractivity contribution in [3.05, 3.63) is 23.7 Å². The molecule has 0 aromatic carbocycles. The fraction of sp³-hybridized carbons (Fsp3) is 0.455. The molecule has 0 saturated carbocycles. The Bertz CT molecular complexity index is 464. The van der Waals surface area contributed by atoms with Gasteiger partial charge < -0.3 is 19.4 Å². The van der Waals surface area contributed by atoms with Crippen LogP contribution in [0.4, 0.5) is 0 Å². The Labute approximate surface area is 98.7 Å². The first-order valence-corrected chi connectivity index (χ1v) is 5.53. The van der Waals surface area contributed by atoms with Crippen LogP contribution in [0.3, 0.4) is 0 Å². The van der Waals surface area contributed by atoms with Gasteiger partial charge >= 0.3 is 0 Å². The van der Waals surface area contributed by atoms with Crippen LogP contribution in [0.15, 0.2) is 21.1 Å². The van der Waals surface area contributed by atoms with Crippen LogP contribution in [0.2, 0.25) is 0 Å². The van der Waals surface area contributed by atoms with Crippen molar-refractivity contribution in [1.82, 2.24) is 10.1 Å².